The Morgan fingerprint density at radius 1 is 1.10 bits per heavy atom. The maximum absolute atomic E-state index is 12.8. The van der Waals surface area contributed by atoms with Gasteiger partial charge in [0.15, 0.2) is 17.0 Å². The van der Waals surface area contributed by atoms with E-state index in [0.29, 0.717) is 42.6 Å². The molecule has 41 heavy (non-hydrogen) atoms. The number of likely N-dealkylation sites (tertiary alicyclic amines) is 1. The Kier molecular flexibility index (Phi) is 8.30. The molecule has 2 amide bonds. The zero-order valence-corrected chi connectivity index (χ0v) is 24.5. The minimum Gasteiger partial charge on any atom is -0.444 e. The van der Waals surface area contributed by atoms with Crippen LogP contribution in [-0.4, -0.2) is 74.8 Å². The maximum atomic E-state index is 12.8. The van der Waals surface area contributed by atoms with Crippen LogP contribution in [0.25, 0.3) is 11.2 Å². The molecule has 0 spiro atoms. The van der Waals surface area contributed by atoms with Crippen molar-refractivity contribution < 1.29 is 19.1 Å². The summed E-state index contributed by atoms with van der Waals surface area (Å²) in [5.41, 5.74) is 2.35. The van der Waals surface area contributed by atoms with Crippen molar-refractivity contribution in [3.8, 4) is 0 Å². The van der Waals surface area contributed by atoms with Gasteiger partial charge in [-0.2, -0.15) is 9.97 Å². The Hall–Kier alpha value is -3.93. The van der Waals surface area contributed by atoms with Crippen molar-refractivity contribution in [2.45, 2.75) is 77.7 Å². The number of nitrogens with zero attached hydrogens (tertiary/aromatic N) is 6. The van der Waals surface area contributed by atoms with Crippen molar-refractivity contribution in [3.05, 3.63) is 30.6 Å². The molecule has 0 bridgehead atoms. The van der Waals surface area contributed by atoms with Crippen molar-refractivity contribution in [2.75, 3.05) is 42.3 Å². The van der Waals surface area contributed by atoms with Gasteiger partial charge in [-0.3, -0.25) is 9.36 Å². The lowest BCUT2D eigenvalue weighted by molar-refractivity contribution is -0.116. The van der Waals surface area contributed by atoms with Gasteiger partial charge in [0.05, 0.1) is 6.33 Å². The van der Waals surface area contributed by atoms with Crippen molar-refractivity contribution in [1.29, 1.82) is 0 Å². The maximum Gasteiger partial charge on any atom is 0.410 e. The fourth-order valence-corrected chi connectivity index (χ4v) is 5.09. The molecule has 12 nitrogen and oxygen atoms in total. The van der Waals surface area contributed by atoms with Crippen LogP contribution in [0, 0.1) is 0 Å². The number of rotatable bonds is 6. The number of carbonyl (C=O) groups excluding carboxylic acids is 2. The first-order valence-electron chi connectivity index (χ1n) is 14.3. The molecule has 4 heterocycles. The molecule has 0 aliphatic carbocycles. The Morgan fingerprint density at radius 3 is 2.56 bits per heavy atom. The third-order valence-corrected chi connectivity index (χ3v) is 7.28. The number of amides is 2. The SMILES string of the molecule is CC(=O)N(C)c1ccc(Nc2nc(NC3CCCN(C(=O)OC(C)(C)C)C3)c3ncn(C4CCCCO4)c3n2)cc1. The molecule has 12 heteroatoms. The molecule has 5 rings (SSSR count). The first-order valence-corrected chi connectivity index (χ1v) is 14.3. The number of piperidine rings is 1. The summed E-state index contributed by atoms with van der Waals surface area (Å²) in [6.45, 7) is 9.01. The van der Waals surface area contributed by atoms with E-state index >= 15 is 0 Å². The molecule has 0 radical (unpaired) electrons. The highest BCUT2D eigenvalue weighted by molar-refractivity contribution is 5.91. The molecule has 2 N–H and O–H groups in total. The molecular weight excluding hydrogens is 524 g/mol. The van der Waals surface area contributed by atoms with Crippen LogP contribution in [0.4, 0.5) is 27.9 Å². The largest absolute Gasteiger partial charge is 0.444 e. The lowest BCUT2D eigenvalue weighted by atomic mass is 10.1. The average molecular weight is 565 g/mol. The van der Waals surface area contributed by atoms with E-state index in [4.69, 9.17) is 19.4 Å². The van der Waals surface area contributed by atoms with E-state index in [1.165, 1.54) is 6.92 Å². The predicted molar refractivity (Wildman–Crippen MR) is 157 cm³/mol. The minimum absolute atomic E-state index is 0.0281. The Morgan fingerprint density at radius 2 is 1.88 bits per heavy atom. The highest BCUT2D eigenvalue weighted by Gasteiger charge is 2.29. The second-order valence-electron chi connectivity index (χ2n) is 11.7. The van der Waals surface area contributed by atoms with Gasteiger partial charge in [0.25, 0.3) is 0 Å². The van der Waals surface area contributed by atoms with Crippen molar-refractivity contribution in [3.63, 3.8) is 0 Å². The summed E-state index contributed by atoms with van der Waals surface area (Å²) in [5.74, 6) is 0.961. The number of ether oxygens (including phenoxy) is 2. The van der Waals surface area contributed by atoms with E-state index < -0.39 is 5.60 Å². The third kappa shape index (κ3) is 6.87. The van der Waals surface area contributed by atoms with E-state index in [1.807, 2.05) is 49.6 Å². The average Bonchev–Trinajstić information content (AvgIpc) is 3.37. The zero-order chi connectivity index (χ0) is 29.1. The number of hydrogen-bond acceptors (Lipinski definition) is 9. The summed E-state index contributed by atoms with van der Waals surface area (Å²) in [5, 5.41) is 6.86. The van der Waals surface area contributed by atoms with Gasteiger partial charge in [-0.25, -0.2) is 9.78 Å². The monoisotopic (exact) mass is 564 g/mol. The number of carbonyl (C=O) groups is 2. The summed E-state index contributed by atoms with van der Waals surface area (Å²) in [6, 6.07) is 7.48. The molecule has 2 fully saturated rings. The third-order valence-electron chi connectivity index (χ3n) is 7.28. The van der Waals surface area contributed by atoms with E-state index in [2.05, 4.69) is 15.6 Å². The highest BCUT2D eigenvalue weighted by Crippen LogP contribution is 2.30. The van der Waals surface area contributed by atoms with Crippen LogP contribution in [-0.2, 0) is 14.3 Å². The Labute approximate surface area is 240 Å². The van der Waals surface area contributed by atoms with Gasteiger partial charge in [0.1, 0.15) is 11.8 Å². The van der Waals surface area contributed by atoms with Crippen LogP contribution < -0.4 is 15.5 Å². The van der Waals surface area contributed by atoms with Crippen LogP contribution in [0.2, 0.25) is 0 Å². The number of benzene rings is 1. The Balaban J connectivity index is 1.42. The molecule has 0 saturated carbocycles. The molecule has 2 aliphatic rings. The highest BCUT2D eigenvalue weighted by atomic mass is 16.6. The number of nitrogens with one attached hydrogen (secondary N) is 2. The number of hydrogen-bond donors (Lipinski definition) is 2. The summed E-state index contributed by atoms with van der Waals surface area (Å²) in [6.07, 6.45) is 6.06. The van der Waals surface area contributed by atoms with Crippen molar-refractivity contribution in [2.24, 2.45) is 0 Å². The molecular formula is C29H40N8O4. The van der Waals surface area contributed by atoms with Crippen LogP contribution in [0.1, 0.15) is 66.0 Å². The standard InChI is InChI=1S/C29H40N8O4/c1-19(38)35(5)22-13-11-20(12-14-22)32-27-33-25(24-26(34-27)37(18-30-24)23-10-6-7-16-40-23)31-21-9-8-15-36(17-21)28(39)41-29(2,3)4/h11-14,18,21,23H,6-10,15-17H2,1-5H3,(H2,31,32,33,34). The summed E-state index contributed by atoms with van der Waals surface area (Å²) >= 11 is 0. The van der Waals surface area contributed by atoms with Gasteiger partial charge in [-0.15, -0.1) is 0 Å². The zero-order valence-electron chi connectivity index (χ0n) is 24.5. The van der Waals surface area contributed by atoms with Gasteiger partial charge >= 0.3 is 6.09 Å². The number of fused-ring (bicyclic) bond motifs is 1. The molecule has 2 aliphatic heterocycles. The number of imidazole rings is 1. The fourth-order valence-electron chi connectivity index (χ4n) is 5.09. The number of anilines is 4. The minimum atomic E-state index is -0.551. The first-order chi connectivity index (χ1) is 19.6. The normalized spacial score (nSPS) is 19.6. The smallest absolute Gasteiger partial charge is 0.410 e. The molecule has 2 unspecified atom stereocenters. The summed E-state index contributed by atoms with van der Waals surface area (Å²) in [4.78, 5) is 42.2. The van der Waals surface area contributed by atoms with E-state index in [-0.39, 0.29) is 24.3 Å². The lowest BCUT2D eigenvalue weighted by Crippen LogP contribution is -2.47. The van der Waals surface area contributed by atoms with Crippen molar-refractivity contribution in [1.82, 2.24) is 24.4 Å². The van der Waals surface area contributed by atoms with Gasteiger partial charge in [-0.1, -0.05) is 0 Å². The van der Waals surface area contributed by atoms with Crippen LogP contribution >= 0.6 is 0 Å². The molecule has 2 saturated heterocycles. The predicted octanol–water partition coefficient (Wildman–Crippen LogP) is 5.06. The quantitative estimate of drug-likeness (QED) is 0.422. The second kappa shape index (κ2) is 11.9. The molecule has 1 aromatic carbocycles. The van der Waals surface area contributed by atoms with Crippen LogP contribution in [0.3, 0.4) is 0 Å². The molecule has 2 aromatic heterocycles. The van der Waals surface area contributed by atoms with Gasteiger partial charge in [0.2, 0.25) is 11.9 Å². The second-order valence-corrected chi connectivity index (χ2v) is 11.7. The fraction of sp³-hybridized carbons (Fsp3) is 0.552. The molecule has 2 atom stereocenters. The Bertz CT molecular complexity index is 1380. The van der Waals surface area contributed by atoms with E-state index in [0.717, 1.165) is 43.5 Å². The van der Waals surface area contributed by atoms with E-state index in [9.17, 15) is 9.59 Å². The van der Waals surface area contributed by atoms with E-state index in [1.54, 1.807) is 23.2 Å². The number of aromatic nitrogens is 4. The van der Waals surface area contributed by atoms with Crippen molar-refractivity contribution >= 4 is 46.3 Å². The molecule has 3 aromatic rings. The molecule has 220 valence electrons. The van der Waals surface area contributed by atoms with Crippen LogP contribution in [0.5, 0.6) is 0 Å². The first kappa shape index (κ1) is 28.6. The summed E-state index contributed by atoms with van der Waals surface area (Å²) in [7, 11) is 1.74. The topological polar surface area (TPSA) is 127 Å². The summed E-state index contributed by atoms with van der Waals surface area (Å²) < 4.78 is 13.6. The van der Waals surface area contributed by atoms with Gasteiger partial charge in [0, 0.05) is 51.1 Å². The van der Waals surface area contributed by atoms with Crippen LogP contribution in [0.15, 0.2) is 30.6 Å². The van der Waals surface area contributed by atoms with Gasteiger partial charge in [-0.05, 0) is 77.1 Å². The van der Waals surface area contributed by atoms with Gasteiger partial charge < -0.3 is 29.9 Å². The lowest BCUT2D eigenvalue weighted by Gasteiger charge is -2.34.